The number of nitrogens with zero attached hydrogens (tertiary/aromatic N) is 2. The number of hydrogen-bond acceptors (Lipinski definition) is 2. The average Bonchev–Trinajstić information content (AvgIpc) is 2.74. The lowest BCUT2D eigenvalue weighted by molar-refractivity contribution is 0.508. The number of benzene rings is 1. The monoisotopic (exact) mass is 271 g/mol. The van der Waals surface area contributed by atoms with Crippen LogP contribution in [0.3, 0.4) is 0 Å². The predicted octanol–water partition coefficient (Wildman–Crippen LogP) is 2.50. The topological polar surface area (TPSA) is 29.9 Å². The summed E-state index contributed by atoms with van der Waals surface area (Å²) in [6, 6.07) is 10.4. The van der Waals surface area contributed by atoms with Crippen molar-refractivity contribution in [2.75, 3.05) is 6.54 Å². The number of rotatable bonds is 1. The Morgan fingerprint density at radius 1 is 1.12 bits per heavy atom. The minimum atomic E-state index is 0. The molecule has 17 heavy (non-hydrogen) atoms. The Bertz CT molecular complexity index is 468. The van der Waals surface area contributed by atoms with Gasteiger partial charge < -0.3 is 9.88 Å². The molecule has 0 saturated carbocycles. The fourth-order valence-corrected chi connectivity index (χ4v) is 2.03. The third-order valence-corrected chi connectivity index (χ3v) is 2.80. The Morgan fingerprint density at radius 2 is 1.88 bits per heavy atom. The summed E-state index contributed by atoms with van der Waals surface area (Å²) in [5, 5.41) is 3.32. The van der Waals surface area contributed by atoms with Crippen molar-refractivity contribution in [1.29, 1.82) is 0 Å². The average molecular weight is 272 g/mol. The second-order valence-electron chi connectivity index (χ2n) is 3.75. The molecule has 0 unspecified atom stereocenters. The molecular weight excluding hydrogens is 257 g/mol. The summed E-state index contributed by atoms with van der Waals surface area (Å²) < 4.78 is 2.30. The fourth-order valence-electron chi connectivity index (χ4n) is 2.03. The Kier molecular flexibility index (Phi) is 5.00. The minimum Gasteiger partial charge on any atom is -0.326 e. The van der Waals surface area contributed by atoms with Gasteiger partial charge in [-0.2, -0.15) is 0 Å². The van der Waals surface area contributed by atoms with Crippen LogP contribution < -0.4 is 5.32 Å². The molecule has 1 aromatic carbocycles. The summed E-state index contributed by atoms with van der Waals surface area (Å²) in [6.45, 7) is 2.93. The van der Waals surface area contributed by atoms with E-state index in [-0.39, 0.29) is 24.8 Å². The van der Waals surface area contributed by atoms with Crippen LogP contribution in [-0.2, 0) is 13.1 Å². The lowest BCUT2D eigenvalue weighted by atomic mass is 10.1. The highest BCUT2D eigenvalue weighted by molar-refractivity contribution is 5.85. The SMILES string of the molecule is Cl.Cl.c1ccc(-c2cnc3n2CCNC3)cc1. The second kappa shape index (κ2) is 6.05. The molecule has 2 heterocycles. The van der Waals surface area contributed by atoms with Gasteiger partial charge in [-0.15, -0.1) is 24.8 Å². The van der Waals surface area contributed by atoms with Crippen molar-refractivity contribution in [2.45, 2.75) is 13.1 Å². The first kappa shape index (κ1) is 14.0. The lowest BCUT2D eigenvalue weighted by Gasteiger charge is -2.17. The quantitative estimate of drug-likeness (QED) is 0.864. The molecule has 2 aromatic rings. The van der Waals surface area contributed by atoms with Gasteiger partial charge in [0.1, 0.15) is 5.82 Å². The van der Waals surface area contributed by atoms with Crippen LogP contribution in [0.15, 0.2) is 36.5 Å². The zero-order valence-corrected chi connectivity index (χ0v) is 10.9. The zero-order valence-electron chi connectivity index (χ0n) is 9.30. The molecule has 1 aromatic heterocycles. The molecule has 1 N–H and O–H groups in total. The van der Waals surface area contributed by atoms with Crippen LogP contribution in [0, 0.1) is 0 Å². The van der Waals surface area contributed by atoms with Gasteiger partial charge in [0, 0.05) is 13.1 Å². The van der Waals surface area contributed by atoms with E-state index in [1.807, 2.05) is 12.3 Å². The fraction of sp³-hybridized carbons (Fsp3) is 0.250. The molecule has 92 valence electrons. The van der Waals surface area contributed by atoms with Gasteiger partial charge >= 0.3 is 0 Å². The van der Waals surface area contributed by atoms with Crippen molar-refractivity contribution in [3.63, 3.8) is 0 Å². The molecule has 0 saturated heterocycles. The van der Waals surface area contributed by atoms with Gasteiger partial charge in [-0.1, -0.05) is 30.3 Å². The van der Waals surface area contributed by atoms with Crippen LogP contribution in [0.25, 0.3) is 11.3 Å². The van der Waals surface area contributed by atoms with Crippen molar-refractivity contribution >= 4 is 24.8 Å². The maximum atomic E-state index is 4.43. The molecule has 1 aliphatic heterocycles. The first-order valence-electron chi connectivity index (χ1n) is 5.26. The summed E-state index contributed by atoms with van der Waals surface area (Å²) >= 11 is 0. The van der Waals surface area contributed by atoms with Crippen molar-refractivity contribution in [3.8, 4) is 11.3 Å². The molecule has 5 heteroatoms. The van der Waals surface area contributed by atoms with Crippen molar-refractivity contribution in [1.82, 2.24) is 14.9 Å². The molecule has 1 aliphatic rings. The van der Waals surface area contributed by atoms with Crippen LogP contribution in [0.4, 0.5) is 0 Å². The van der Waals surface area contributed by atoms with Gasteiger partial charge in [0.15, 0.2) is 0 Å². The third-order valence-electron chi connectivity index (χ3n) is 2.80. The number of nitrogens with one attached hydrogen (secondary N) is 1. The van der Waals surface area contributed by atoms with E-state index in [0.717, 1.165) is 25.5 Å². The smallest absolute Gasteiger partial charge is 0.123 e. The van der Waals surface area contributed by atoms with Gasteiger partial charge in [0.05, 0.1) is 18.4 Å². The highest BCUT2D eigenvalue weighted by atomic mass is 35.5. The largest absolute Gasteiger partial charge is 0.326 e. The summed E-state index contributed by atoms with van der Waals surface area (Å²) in [4.78, 5) is 4.43. The Labute approximate surface area is 113 Å². The van der Waals surface area contributed by atoms with Gasteiger partial charge in [-0.05, 0) is 5.56 Å². The van der Waals surface area contributed by atoms with Crippen LogP contribution in [-0.4, -0.2) is 16.1 Å². The van der Waals surface area contributed by atoms with E-state index in [9.17, 15) is 0 Å². The zero-order chi connectivity index (χ0) is 10.1. The van der Waals surface area contributed by atoms with Crippen molar-refractivity contribution in [3.05, 3.63) is 42.4 Å². The number of fused-ring (bicyclic) bond motifs is 1. The van der Waals surface area contributed by atoms with E-state index in [0.29, 0.717) is 0 Å². The Balaban J connectivity index is 0.000000722. The van der Waals surface area contributed by atoms with E-state index >= 15 is 0 Å². The van der Waals surface area contributed by atoms with E-state index in [4.69, 9.17) is 0 Å². The van der Waals surface area contributed by atoms with Crippen molar-refractivity contribution in [2.24, 2.45) is 0 Å². The third kappa shape index (κ3) is 2.63. The molecule has 0 radical (unpaired) electrons. The maximum Gasteiger partial charge on any atom is 0.123 e. The van der Waals surface area contributed by atoms with Crippen LogP contribution in [0.5, 0.6) is 0 Å². The molecule has 0 bridgehead atoms. The van der Waals surface area contributed by atoms with Crippen LogP contribution in [0.1, 0.15) is 5.82 Å². The summed E-state index contributed by atoms with van der Waals surface area (Å²) in [6.07, 6.45) is 1.97. The van der Waals surface area contributed by atoms with Crippen LogP contribution >= 0.6 is 24.8 Å². The lowest BCUT2D eigenvalue weighted by Crippen LogP contribution is -2.28. The first-order valence-corrected chi connectivity index (χ1v) is 5.26. The van der Waals surface area contributed by atoms with Gasteiger partial charge in [0.2, 0.25) is 0 Å². The second-order valence-corrected chi connectivity index (χ2v) is 3.75. The van der Waals surface area contributed by atoms with Crippen LogP contribution in [0.2, 0.25) is 0 Å². The number of imidazole rings is 1. The number of hydrogen-bond donors (Lipinski definition) is 1. The maximum absolute atomic E-state index is 4.43. The van der Waals surface area contributed by atoms with Gasteiger partial charge in [-0.3, -0.25) is 0 Å². The van der Waals surface area contributed by atoms with Gasteiger partial charge in [-0.25, -0.2) is 4.98 Å². The van der Waals surface area contributed by atoms with Crippen molar-refractivity contribution < 1.29 is 0 Å². The Morgan fingerprint density at radius 3 is 2.65 bits per heavy atom. The molecule has 0 fully saturated rings. The molecule has 3 rings (SSSR count). The van der Waals surface area contributed by atoms with E-state index in [1.165, 1.54) is 11.3 Å². The molecule has 0 amide bonds. The molecular formula is C12H15Cl2N3. The van der Waals surface area contributed by atoms with Gasteiger partial charge in [0.25, 0.3) is 0 Å². The molecule has 0 aliphatic carbocycles. The molecule has 3 nitrogen and oxygen atoms in total. The highest BCUT2D eigenvalue weighted by Gasteiger charge is 2.13. The Hall–Kier alpha value is -1.03. The van der Waals surface area contributed by atoms with E-state index in [1.54, 1.807) is 0 Å². The highest BCUT2D eigenvalue weighted by Crippen LogP contribution is 2.21. The summed E-state index contributed by atoms with van der Waals surface area (Å²) in [5.41, 5.74) is 2.48. The number of aromatic nitrogens is 2. The predicted molar refractivity (Wildman–Crippen MR) is 73.9 cm³/mol. The molecule has 0 atom stereocenters. The summed E-state index contributed by atoms with van der Waals surface area (Å²) in [7, 11) is 0. The normalized spacial score (nSPS) is 13.2. The van der Waals surface area contributed by atoms with E-state index in [2.05, 4.69) is 39.1 Å². The van der Waals surface area contributed by atoms with E-state index < -0.39 is 0 Å². The summed E-state index contributed by atoms with van der Waals surface area (Å²) in [5.74, 6) is 1.14. The first-order chi connectivity index (χ1) is 7.45. The minimum absolute atomic E-state index is 0. The standard InChI is InChI=1S/C12H13N3.2ClH/c1-2-4-10(5-3-1)11-8-14-12-9-13-6-7-15(11)12;;/h1-5,8,13H,6-7,9H2;2*1H. The number of halogens is 2. The molecule has 0 spiro atoms.